The van der Waals surface area contributed by atoms with Crippen LogP contribution in [0.1, 0.15) is 36.1 Å². The Morgan fingerprint density at radius 3 is 2.96 bits per heavy atom. The van der Waals surface area contributed by atoms with Gasteiger partial charge < -0.3 is 4.74 Å². The summed E-state index contributed by atoms with van der Waals surface area (Å²) in [5, 5.41) is 4.37. The average molecular weight is 327 g/mol. The van der Waals surface area contributed by atoms with Crippen LogP contribution in [0.15, 0.2) is 30.5 Å². The van der Waals surface area contributed by atoms with E-state index in [4.69, 9.17) is 4.74 Å². The molecule has 0 bridgehead atoms. The second kappa shape index (κ2) is 7.84. The molecule has 4 heteroatoms. The first-order valence-corrected chi connectivity index (χ1v) is 8.98. The van der Waals surface area contributed by atoms with Gasteiger partial charge in [0.2, 0.25) is 0 Å². The summed E-state index contributed by atoms with van der Waals surface area (Å²) in [6.45, 7) is 5.62. The van der Waals surface area contributed by atoms with Crippen molar-refractivity contribution in [3.05, 3.63) is 47.3 Å². The Kier molecular flexibility index (Phi) is 5.56. The lowest BCUT2D eigenvalue weighted by Crippen LogP contribution is -2.35. The van der Waals surface area contributed by atoms with E-state index in [0.717, 1.165) is 24.6 Å². The smallest absolute Gasteiger partial charge is 0.119 e. The minimum atomic E-state index is 0.793. The first kappa shape index (κ1) is 17.0. The number of aryl methyl sites for hydroxylation is 2. The Morgan fingerprint density at radius 1 is 1.33 bits per heavy atom. The molecule has 2 heterocycles. The molecule has 1 saturated heterocycles. The molecule has 1 aliphatic rings. The van der Waals surface area contributed by atoms with Crippen LogP contribution in [0.4, 0.5) is 0 Å². The number of hydrogen-bond donors (Lipinski definition) is 0. The highest BCUT2D eigenvalue weighted by Crippen LogP contribution is 2.24. The number of likely N-dealkylation sites (tertiary alicyclic amines) is 1. The Labute approximate surface area is 145 Å². The van der Waals surface area contributed by atoms with Crippen molar-refractivity contribution in [3.8, 4) is 5.75 Å². The Hall–Kier alpha value is -1.81. The summed E-state index contributed by atoms with van der Waals surface area (Å²) in [5.74, 6) is 1.76. The summed E-state index contributed by atoms with van der Waals surface area (Å²) in [7, 11) is 3.75. The van der Waals surface area contributed by atoms with Gasteiger partial charge in [0.25, 0.3) is 0 Å². The maximum atomic E-state index is 5.33. The topological polar surface area (TPSA) is 30.3 Å². The first-order valence-electron chi connectivity index (χ1n) is 8.98. The van der Waals surface area contributed by atoms with Gasteiger partial charge in [-0.15, -0.1) is 0 Å². The van der Waals surface area contributed by atoms with Crippen molar-refractivity contribution in [2.75, 3.05) is 20.2 Å². The Bertz CT molecular complexity index is 665. The monoisotopic (exact) mass is 327 g/mol. The number of hydrogen-bond acceptors (Lipinski definition) is 3. The molecular formula is C20H29N3O. The lowest BCUT2D eigenvalue weighted by Gasteiger charge is -2.32. The van der Waals surface area contributed by atoms with E-state index in [0.29, 0.717) is 0 Å². The van der Waals surface area contributed by atoms with Gasteiger partial charge in [0.1, 0.15) is 5.75 Å². The van der Waals surface area contributed by atoms with Crippen molar-refractivity contribution in [1.29, 1.82) is 0 Å². The number of aromatic nitrogens is 2. The number of nitrogens with zero attached hydrogens (tertiary/aromatic N) is 3. The number of piperidine rings is 1. The molecule has 130 valence electrons. The summed E-state index contributed by atoms with van der Waals surface area (Å²) >= 11 is 0. The number of ether oxygens (including phenoxy) is 1. The van der Waals surface area contributed by atoms with Crippen molar-refractivity contribution < 1.29 is 4.74 Å². The van der Waals surface area contributed by atoms with Crippen LogP contribution in [0.2, 0.25) is 0 Å². The summed E-state index contributed by atoms with van der Waals surface area (Å²) in [5.41, 5.74) is 4.04. The second-order valence-corrected chi connectivity index (χ2v) is 7.01. The first-order chi connectivity index (χ1) is 11.7. The molecule has 1 fully saturated rings. The fourth-order valence-corrected chi connectivity index (χ4v) is 3.67. The molecule has 4 nitrogen and oxygen atoms in total. The molecule has 1 atom stereocenters. The highest BCUT2D eigenvalue weighted by molar-refractivity contribution is 5.28. The van der Waals surface area contributed by atoms with Crippen LogP contribution in [0.5, 0.6) is 5.75 Å². The standard InChI is InChI=1S/C20H29N3O/c1-16-19(13-21-22(16)2)15-23-11-5-7-18(14-23)10-9-17-6-4-8-20(12-17)24-3/h4,6,8,12-13,18H,5,7,9-11,14-15H2,1-3H3/t18-/m1/s1. The van der Waals surface area contributed by atoms with Gasteiger partial charge in [0, 0.05) is 31.4 Å². The quantitative estimate of drug-likeness (QED) is 0.812. The van der Waals surface area contributed by atoms with Gasteiger partial charge in [0.15, 0.2) is 0 Å². The molecule has 3 rings (SSSR count). The lowest BCUT2D eigenvalue weighted by atomic mass is 9.91. The number of benzene rings is 1. The van der Waals surface area contributed by atoms with Crippen molar-refractivity contribution in [1.82, 2.24) is 14.7 Å². The predicted molar refractivity (Wildman–Crippen MR) is 97.3 cm³/mol. The fraction of sp³-hybridized carbons (Fsp3) is 0.550. The number of methoxy groups -OCH3 is 1. The molecule has 24 heavy (non-hydrogen) atoms. The van der Waals surface area contributed by atoms with Gasteiger partial charge in [-0.2, -0.15) is 5.10 Å². The summed E-state index contributed by atoms with van der Waals surface area (Å²) in [6, 6.07) is 8.48. The third-order valence-electron chi connectivity index (χ3n) is 5.31. The van der Waals surface area contributed by atoms with E-state index in [1.54, 1.807) is 7.11 Å². The zero-order valence-electron chi connectivity index (χ0n) is 15.2. The van der Waals surface area contributed by atoms with E-state index >= 15 is 0 Å². The van der Waals surface area contributed by atoms with Crippen molar-refractivity contribution in [3.63, 3.8) is 0 Å². The predicted octanol–water partition coefficient (Wildman–Crippen LogP) is 3.58. The van der Waals surface area contributed by atoms with Crippen molar-refractivity contribution >= 4 is 0 Å². The van der Waals surface area contributed by atoms with Crippen LogP contribution < -0.4 is 4.74 Å². The van der Waals surface area contributed by atoms with Gasteiger partial charge in [-0.25, -0.2) is 0 Å². The van der Waals surface area contributed by atoms with Crippen LogP contribution in [0, 0.1) is 12.8 Å². The summed E-state index contributed by atoms with van der Waals surface area (Å²) in [6.07, 6.45) is 7.08. The molecule has 0 saturated carbocycles. The molecule has 1 aromatic heterocycles. The molecule has 1 aromatic carbocycles. The van der Waals surface area contributed by atoms with Crippen LogP contribution >= 0.6 is 0 Å². The van der Waals surface area contributed by atoms with Gasteiger partial charge in [-0.1, -0.05) is 12.1 Å². The normalized spacial score (nSPS) is 18.7. The van der Waals surface area contributed by atoms with Crippen molar-refractivity contribution in [2.45, 2.75) is 39.2 Å². The molecule has 0 N–H and O–H groups in total. The highest BCUT2D eigenvalue weighted by Gasteiger charge is 2.21. The fourth-order valence-electron chi connectivity index (χ4n) is 3.67. The van der Waals surface area contributed by atoms with Crippen LogP contribution in [-0.4, -0.2) is 34.9 Å². The summed E-state index contributed by atoms with van der Waals surface area (Å²) < 4.78 is 7.30. The molecular weight excluding hydrogens is 298 g/mol. The molecule has 0 aliphatic carbocycles. The van der Waals surface area contributed by atoms with Crippen LogP contribution in [0.25, 0.3) is 0 Å². The average Bonchev–Trinajstić information content (AvgIpc) is 2.92. The van der Waals surface area contributed by atoms with E-state index in [1.165, 1.54) is 49.2 Å². The van der Waals surface area contributed by atoms with E-state index in [-0.39, 0.29) is 0 Å². The van der Waals surface area contributed by atoms with E-state index < -0.39 is 0 Å². The highest BCUT2D eigenvalue weighted by atomic mass is 16.5. The molecule has 0 unspecified atom stereocenters. The molecule has 0 radical (unpaired) electrons. The number of rotatable bonds is 6. The third kappa shape index (κ3) is 4.18. The summed E-state index contributed by atoms with van der Waals surface area (Å²) in [4.78, 5) is 2.60. The Morgan fingerprint density at radius 2 is 2.21 bits per heavy atom. The zero-order chi connectivity index (χ0) is 16.9. The van der Waals surface area contributed by atoms with E-state index in [9.17, 15) is 0 Å². The van der Waals surface area contributed by atoms with Gasteiger partial charge >= 0.3 is 0 Å². The zero-order valence-corrected chi connectivity index (χ0v) is 15.2. The van der Waals surface area contributed by atoms with Gasteiger partial charge in [0.05, 0.1) is 13.3 Å². The SMILES string of the molecule is COc1cccc(CC[C@H]2CCCN(Cc3cnn(C)c3C)C2)c1. The minimum absolute atomic E-state index is 0.793. The maximum absolute atomic E-state index is 5.33. The minimum Gasteiger partial charge on any atom is -0.497 e. The molecule has 0 amide bonds. The van der Waals surface area contributed by atoms with Crippen LogP contribution in [0.3, 0.4) is 0 Å². The Balaban J connectivity index is 1.52. The van der Waals surface area contributed by atoms with Gasteiger partial charge in [-0.3, -0.25) is 9.58 Å². The second-order valence-electron chi connectivity index (χ2n) is 7.01. The molecule has 0 spiro atoms. The maximum Gasteiger partial charge on any atom is 0.119 e. The largest absolute Gasteiger partial charge is 0.497 e. The van der Waals surface area contributed by atoms with Crippen LogP contribution in [-0.2, 0) is 20.0 Å². The third-order valence-corrected chi connectivity index (χ3v) is 5.31. The van der Waals surface area contributed by atoms with E-state index in [2.05, 4.69) is 35.1 Å². The molecule has 1 aliphatic heterocycles. The van der Waals surface area contributed by atoms with Gasteiger partial charge in [-0.05, 0) is 62.8 Å². The lowest BCUT2D eigenvalue weighted by molar-refractivity contribution is 0.161. The van der Waals surface area contributed by atoms with E-state index in [1.807, 2.05) is 24.0 Å². The molecule has 2 aromatic rings. The van der Waals surface area contributed by atoms with Crippen molar-refractivity contribution in [2.24, 2.45) is 13.0 Å².